The molecule has 0 radical (unpaired) electrons. The van der Waals surface area contributed by atoms with Crippen molar-refractivity contribution in [3.8, 4) is 0 Å². The van der Waals surface area contributed by atoms with Crippen LogP contribution in [0.25, 0.3) is 10.9 Å². The lowest BCUT2D eigenvalue weighted by Gasteiger charge is -2.25. The summed E-state index contributed by atoms with van der Waals surface area (Å²) in [6.45, 7) is 2.50. The fraction of sp³-hybridized carbons (Fsp3) is 0.588. The Morgan fingerprint density at radius 3 is 2.73 bits per heavy atom. The molecule has 5 heteroatoms. The predicted molar refractivity (Wildman–Crippen MR) is 85.8 cm³/mol. The molecule has 0 saturated carbocycles. The van der Waals surface area contributed by atoms with Crippen LogP contribution in [0.5, 0.6) is 0 Å². The molecule has 1 aromatic heterocycles. The normalized spacial score (nSPS) is 23.9. The molecule has 118 valence electrons. The first kappa shape index (κ1) is 14.0. The number of ether oxygens (including phenoxy) is 2. The van der Waals surface area contributed by atoms with Crippen LogP contribution in [0.2, 0.25) is 0 Å². The number of rotatable bonds is 2. The Kier molecular flexibility index (Phi) is 3.76. The summed E-state index contributed by atoms with van der Waals surface area (Å²) in [7, 11) is 0. The van der Waals surface area contributed by atoms with Crippen LogP contribution in [0.4, 0.5) is 5.69 Å². The van der Waals surface area contributed by atoms with Crippen LogP contribution < -0.4 is 5.73 Å². The summed E-state index contributed by atoms with van der Waals surface area (Å²) in [5.41, 5.74) is 9.52. The summed E-state index contributed by atoms with van der Waals surface area (Å²) in [5.74, 6) is 0.538. The van der Waals surface area contributed by atoms with E-state index in [-0.39, 0.29) is 6.23 Å². The van der Waals surface area contributed by atoms with E-state index in [2.05, 4.69) is 17.2 Å². The lowest BCUT2D eigenvalue weighted by atomic mass is 9.91. The first-order valence-corrected chi connectivity index (χ1v) is 8.29. The van der Waals surface area contributed by atoms with Crippen LogP contribution >= 0.6 is 0 Å². The van der Waals surface area contributed by atoms with Crippen LogP contribution in [0.1, 0.15) is 49.8 Å². The largest absolute Gasteiger partial charge is 0.398 e. The van der Waals surface area contributed by atoms with Gasteiger partial charge in [0.25, 0.3) is 0 Å². The van der Waals surface area contributed by atoms with Gasteiger partial charge in [-0.15, -0.1) is 0 Å². The van der Waals surface area contributed by atoms with E-state index in [1.165, 1.54) is 12.0 Å². The van der Waals surface area contributed by atoms with E-state index >= 15 is 0 Å². The average molecular weight is 301 g/mol. The van der Waals surface area contributed by atoms with Crippen molar-refractivity contribution in [2.24, 2.45) is 0 Å². The molecule has 5 nitrogen and oxygen atoms in total. The second-order valence-corrected chi connectivity index (χ2v) is 6.34. The van der Waals surface area contributed by atoms with Gasteiger partial charge in [0, 0.05) is 30.9 Å². The molecule has 1 atom stereocenters. The van der Waals surface area contributed by atoms with Crippen molar-refractivity contribution >= 4 is 16.6 Å². The van der Waals surface area contributed by atoms with Gasteiger partial charge in [-0.25, -0.2) is 4.68 Å². The summed E-state index contributed by atoms with van der Waals surface area (Å²) in [5, 5.41) is 5.59. The predicted octanol–water partition coefficient (Wildman–Crippen LogP) is 3.21. The van der Waals surface area contributed by atoms with E-state index < -0.39 is 0 Å². The number of nitrogens with two attached hydrogens (primary N) is 1. The minimum atomic E-state index is 0.0515. The van der Waals surface area contributed by atoms with Crippen molar-refractivity contribution in [3.63, 3.8) is 0 Å². The lowest BCUT2D eigenvalue weighted by Crippen LogP contribution is -2.19. The monoisotopic (exact) mass is 301 g/mol. The van der Waals surface area contributed by atoms with Gasteiger partial charge < -0.3 is 15.2 Å². The number of nitrogen functional groups attached to an aromatic ring is 1. The first-order valence-electron chi connectivity index (χ1n) is 8.29. The highest BCUT2D eigenvalue weighted by atomic mass is 16.5. The third-order valence-corrected chi connectivity index (χ3v) is 4.89. The van der Waals surface area contributed by atoms with Gasteiger partial charge in [-0.05, 0) is 55.7 Å². The number of aromatic nitrogens is 2. The molecule has 4 rings (SSSR count). The summed E-state index contributed by atoms with van der Waals surface area (Å²) in [6.07, 6.45) is 7.43. The van der Waals surface area contributed by atoms with Crippen LogP contribution in [-0.2, 0) is 9.47 Å². The summed E-state index contributed by atoms with van der Waals surface area (Å²) >= 11 is 0. The molecule has 2 saturated heterocycles. The van der Waals surface area contributed by atoms with E-state index in [0.717, 1.165) is 62.1 Å². The van der Waals surface area contributed by atoms with Crippen molar-refractivity contribution in [1.29, 1.82) is 0 Å². The maximum absolute atomic E-state index is 6.28. The third-order valence-electron chi connectivity index (χ3n) is 4.89. The Morgan fingerprint density at radius 1 is 1.09 bits per heavy atom. The minimum Gasteiger partial charge on any atom is -0.398 e. The Hall–Kier alpha value is -1.59. The van der Waals surface area contributed by atoms with Crippen LogP contribution in [0, 0.1) is 0 Å². The third kappa shape index (κ3) is 2.48. The van der Waals surface area contributed by atoms with Gasteiger partial charge in [-0.2, -0.15) is 5.10 Å². The Balaban J connectivity index is 1.74. The number of benzene rings is 1. The molecular formula is C17H23N3O2. The van der Waals surface area contributed by atoms with Crippen molar-refractivity contribution < 1.29 is 9.47 Å². The van der Waals surface area contributed by atoms with Gasteiger partial charge in [0.05, 0.1) is 11.7 Å². The zero-order valence-corrected chi connectivity index (χ0v) is 12.8. The topological polar surface area (TPSA) is 62.3 Å². The van der Waals surface area contributed by atoms with Gasteiger partial charge in [0.2, 0.25) is 0 Å². The molecule has 2 fully saturated rings. The SMILES string of the molecule is Nc1cc(C2CCOCC2)cc2c1cnn2C1CCCCO1. The molecule has 0 spiro atoms. The fourth-order valence-corrected chi connectivity index (χ4v) is 3.61. The van der Waals surface area contributed by atoms with Gasteiger partial charge in [0.15, 0.2) is 6.23 Å². The van der Waals surface area contributed by atoms with Crippen LogP contribution in [0.3, 0.4) is 0 Å². The molecule has 0 bridgehead atoms. The molecule has 1 aromatic carbocycles. The van der Waals surface area contributed by atoms with Gasteiger partial charge in [-0.1, -0.05) is 0 Å². The summed E-state index contributed by atoms with van der Waals surface area (Å²) in [6, 6.07) is 4.37. The van der Waals surface area contributed by atoms with E-state index in [9.17, 15) is 0 Å². The molecule has 2 aliphatic heterocycles. The van der Waals surface area contributed by atoms with Crippen LogP contribution in [-0.4, -0.2) is 29.6 Å². The molecule has 2 aromatic rings. The molecule has 0 aliphatic carbocycles. The van der Waals surface area contributed by atoms with Crippen molar-refractivity contribution in [3.05, 3.63) is 23.9 Å². The number of nitrogens with zero attached hydrogens (tertiary/aromatic N) is 2. The van der Waals surface area contributed by atoms with Crippen molar-refractivity contribution in [2.75, 3.05) is 25.6 Å². The molecule has 2 aliphatic rings. The highest BCUT2D eigenvalue weighted by Crippen LogP contribution is 2.34. The minimum absolute atomic E-state index is 0.0515. The van der Waals surface area contributed by atoms with E-state index in [1.807, 2.05) is 10.9 Å². The van der Waals surface area contributed by atoms with E-state index in [4.69, 9.17) is 15.2 Å². The maximum Gasteiger partial charge on any atom is 0.150 e. The molecule has 3 heterocycles. The van der Waals surface area contributed by atoms with Crippen molar-refractivity contribution in [1.82, 2.24) is 9.78 Å². The van der Waals surface area contributed by atoms with Crippen LogP contribution in [0.15, 0.2) is 18.3 Å². The number of fused-ring (bicyclic) bond motifs is 1. The second-order valence-electron chi connectivity index (χ2n) is 6.34. The molecule has 0 amide bonds. The molecule has 1 unspecified atom stereocenters. The standard InChI is InChI=1S/C17H23N3O2/c18-15-9-13(12-4-7-21-8-5-12)10-16-14(15)11-19-20(16)17-3-1-2-6-22-17/h9-12,17H,1-8,18H2. The zero-order valence-electron chi connectivity index (χ0n) is 12.8. The van der Waals surface area contributed by atoms with E-state index in [1.54, 1.807) is 0 Å². The quantitative estimate of drug-likeness (QED) is 0.865. The van der Waals surface area contributed by atoms with Gasteiger partial charge in [-0.3, -0.25) is 0 Å². The lowest BCUT2D eigenvalue weighted by molar-refractivity contribution is -0.0366. The van der Waals surface area contributed by atoms with Crippen molar-refractivity contribution in [2.45, 2.75) is 44.2 Å². The summed E-state index contributed by atoms with van der Waals surface area (Å²) < 4.78 is 13.4. The Morgan fingerprint density at radius 2 is 1.95 bits per heavy atom. The average Bonchev–Trinajstić information content (AvgIpc) is 3.01. The number of hydrogen-bond acceptors (Lipinski definition) is 4. The summed E-state index contributed by atoms with van der Waals surface area (Å²) in [4.78, 5) is 0. The second kappa shape index (κ2) is 5.89. The van der Waals surface area contributed by atoms with E-state index in [0.29, 0.717) is 5.92 Å². The zero-order chi connectivity index (χ0) is 14.9. The fourth-order valence-electron chi connectivity index (χ4n) is 3.61. The smallest absolute Gasteiger partial charge is 0.150 e. The highest BCUT2D eigenvalue weighted by molar-refractivity contribution is 5.91. The molecule has 22 heavy (non-hydrogen) atoms. The van der Waals surface area contributed by atoms with Gasteiger partial charge >= 0.3 is 0 Å². The number of hydrogen-bond donors (Lipinski definition) is 1. The first-order chi connectivity index (χ1) is 10.8. The molecular weight excluding hydrogens is 278 g/mol. The maximum atomic E-state index is 6.28. The highest BCUT2D eigenvalue weighted by Gasteiger charge is 2.22. The number of anilines is 1. The molecule has 2 N–H and O–H groups in total. The Bertz CT molecular complexity index is 655. The Labute approximate surface area is 130 Å². The van der Waals surface area contributed by atoms with Gasteiger partial charge in [0.1, 0.15) is 0 Å².